The summed E-state index contributed by atoms with van der Waals surface area (Å²) in [4.78, 5) is 23.7. The number of hydrogen-bond donors (Lipinski definition) is 1. The van der Waals surface area contributed by atoms with Crippen molar-refractivity contribution in [3.8, 4) is 11.3 Å². The topological polar surface area (TPSA) is 104 Å². The lowest BCUT2D eigenvalue weighted by molar-refractivity contribution is 0.0673. The van der Waals surface area contributed by atoms with Gasteiger partial charge in [0.05, 0.1) is 49.7 Å². The van der Waals surface area contributed by atoms with Gasteiger partial charge in [-0.15, -0.1) is 0 Å². The van der Waals surface area contributed by atoms with E-state index in [4.69, 9.17) is 24.5 Å². The molecule has 2 saturated heterocycles. The number of fused-ring (bicyclic) bond motifs is 1. The quantitative estimate of drug-likeness (QED) is 0.643. The average Bonchev–Trinajstić information content (AvgIpc) is 3.29. The van der Waals surface area contributed by atoms with Gasteiger partial charge in [-0.2, -0.15) is 10.1 Å². The van der Waals surface area contributed by atoms with Gasteiger partial charge in [-0.05, 0) is 31.9 Å². The van der Waals surface area contributed by atoms with E-state index in [1.165, 1.54) is 7.11 Å². The highest BCUT2D eigenvalue weighted by Gasteiger charge is 2.26. The molecule has 0 aliphatic carbocycles. The van der Waals surface area contributed by atoms with E-state index in [9.17, 15) is 4.79 Å². The number of methoxy groups -OCH3 is 1. The van der Waals surface area contributed by atoms with Gasteiger partial charge in [0.25, 0.3) is 0 Å². The number of hydrogen-bond acceptors (Lipinski definition) is 8. The molecule has 5 rings (SSSR count). The molecule has 10 nitrogen and oxygen atoms in total. The van der Waals surface area contributed by atoms with Gasteiger partial charge in [0.2, 0.25) is 5.95 Å². The van der Waals surface area contributed by atoms with Gasteiger partial charge >= 0.3 is 6.09 Å². The second-order valence-corrected chi connectivity index (χ2v) is 8.35. The zero-order chi connectivity index (χ0) is 22.8. The fraction of sp³-hybridized carbons (Fsp3) is 0.478. The highest BCUT2D eigenvalue weighted by atomic mass is 16.5. The molecule has 10 heteroatoms. The van der Waals surface area contributed by atoms with E-state index >= 15 is 0 Å². The minimum Gasteiger partial charge on any atom is -0.453 e. The molecule has 0 spiro atoms. The van der Waals surface area contributed by atoms with Crippen molar-refractivity contribution < 1.29 is 19.0 Å². The molecule has 0 saturated carbocycles. The Morgan fingerprint density at radius 2 is 1.91 bits per heavy atom. The summed E-state index contributed by atoms with van der Waals surface area (Å²) in [6.45, 7) is 5.60. The van der Waals surface area contributed by atoms with E-state index in [-0.39, 0.29) is 12.1 Å². The average molecular weight is 453 g/mol. The van der Waals surface area contributed by atoms with Crippen molar-refractivity contribution in [2.45, 2.75) is 31.8 Å². The molecule has 33 heavy (non-hydrogen) atoms. The fourth-order valence-electron chi connectivity index (χ4n) is 4.36. The van der Waals surface area contributed by atoms with Crippen molar-refractivity contribution in [3.63, 3.8) is 0 Å². The van der Waals surface area contributed by atoms with Crippen LogP contribution < -0.4 is 10.2 Å². The minimum absolute atomic E-state index is 0.176. The van der Waals surface area contributed by atoms with Crippen molar-refractivity contribution in [1.82, 2.24) is 19.7 Å². The van der Waals surface area contributed by atoms with E-state index in [2.05, 4.69) is 21.9 Å². The van der Waals surface area contributed by atoms with Crippen LogP contribution in [0.3, 0.4) is 0 Å². The predicted molar refractivity (Wildman–Crippen MR) is 124 cm³/mol. The Labute approximate surface area is 191 Å². The number of amides is 1. The molecule has 1 amide bonds. The summed E-state index contributed by atoms with van der Waals surface area (Å²) in [5.74, 6) is 0.680. The van der Waals surface area contributed by atoms with Crippen LogP contribution in [0.1, 0.15) is 25.8 Å². The number of nitrogens with one attached hydrogen (secondary N) is 1. The van der Waals surface area contributed by atoms with Crippen LogP contribution in [0.25, 0.3) is 22.3 Å². The number of rotatable bonds is 4. The number of carbonyl (C=O) groups excluding carboxylic acids is 1. The summed E-state index contributed by atoms with van der Waals surface area (Å²) in [5.41, 5.74) is 3.22. The van der Waals surface area contributed by atoms with Gasteiger partial charge in [-0.25, -0.2) is 14.5 Å². The summed E-state index contributed by atoms with van der Waals surface area (Å²) in [6.07, 6.45) is 3.17. The van der Waals surface area contributed by atoms with Crippen LogP contribution in [0.5, 0.6) is 0 Å². The zero-order valence-corrected chi connectivity index (χ0v) is 18.9. The fourth-order valence-corrected chi connectivity index (χ4v) is 4.36. The molecule has 2 fully saturated rings. The van der Waals surface area contributed by atoms with Gasteiger partial charge in [-0.3, -0.25) is 5.32 Å². The number of morpholine rings is 1. The molecule has 1 unspecified atom stereocenters. The molecular weight excluding hydrogens is 424 g/mol. The van der Waals surface area contributed by atoms with Crippen LogP contribution in [-0.4, -0.2) is 72.0 Å². The van der Waals surface area contributed by atoms with Crippen LogP contribution >= 0.6 is 0 Å². The normalized spacial score (nSPS) is 19.6. The molecule has 2 aliphatic rings. The Bertz CT molecular complexity index is 1130. The Hall–Kier alpha value is -3.24. The highest BCUT2D eigenvalue weighted by Crippen LogP contribution is 2.32. The molecule has 4 heterocycles. The number of carbonyl (C=O) groups is 1. The SMILES string of the molecule is COC(=O)Nc1ccc(-c2nc(N3CCOCC3C)nc3c2cnn3C2CCOCC2)cc1. The molecule has 0 bridgehead atoms. The number of ether oxygens (including phenoxy) is 3. The van der Waals surface area contributed by atoms with E-state index in [1.54, 1.807) is 0 Å². The van der Waals surface area contributed by atoms with E-state index < -0.39 is 6.09 Å². The smallest absolute Gasteiger partial charge is 0.411 e. The van der Waals surface area contributed by atoms with Crippen LogP contribution in [0.2, 0.25) is 0 Å². The predicted octanol–water partition coefficient (Wildman–Crippen LogP) is 3.25. The Morgan fingerprint density at radius 3 is 2.64 bits per heavy atom. The monoisotopic (exact) mass is 452 g/mol. The molecule has 1 aromatic carbocycles. The molecule has 1 N–H and O–H groups in total. The second kappa shape index (κ2) is 9.32. The van der Waals surface area contributed by atoms with Crippen molar-refractivity contribution in [2.24, 2.45) is 0 Å². The Balaban J connectivity index is 1.59. The van der Waals surface area contributed by atoms with Gasteiger partial charge in [0.15, 0.2) is 5.65 Å². The van der Waals surface area contributed by atoms with Crippen LogP contribution in [0, 0.1) is 0 Å². The summed E-state index contributed by atoms with van der Waals surface area (Å²) >= 11 is 0. The van der Waals surface area contributed by atoms with Crippen molar-refractivity contribution >= 4 is 28.8 Å². The largest absolute Gasteiger partial charge is 0.453 e. The first-order chi connectivity index (χ1) is 16.1. The van der Waals surface area contributed by atoms with Crippen LogP contribution in [0.4, 0.5) is 16.4 Å². The van der Waals surface area contributed by atoms with Crippen molar-refractivity contribution in [3.05, 3.63) is 30.5 Å². The van der Waals surface area contributed by atoms with E-state index in [0.29, 0.717) is 24.8 Å². The van der Waals surface area contributed by atoms with Gasteiger partial charge < -0.3 is 19.1 Å². The van der Waals surface area contributed by atoms with Gasteiger partial charge in [0.1, 0.15) is 0 Å². The molecule has 2 aromatic heterocycles. The first-order valence-corrected chi connectivity index (χ1v) is 11.3. The lowest BCUT2D eigenvalue weighted by Crippen LogP contribution is -2.44. The standard InChI is InChI=1S/C23H28N6O4/c1-15-14-33-12-9-28(15)22-26-20(16-3-5-17(6-4-16)25-23(30)31-2)19-13-24-29(21(19)27-22)18-7-10-32-11-8-18/h3-6,13,15,18H,7-12,14H2,1-2H3,(H,25,30). The maximum atomic E-state index is 11.5. The molecule has 0 radical (unpaired) electrons. The molecule has 174 valence electrons. The highest BCUT2D eigenvalue weighted by molar-refractivity contribution is 5.92. The van der Waals surface area contributed by atoms with Crippen LogP contribution in [-0.2, 0) is 14.2 Å². The summed E-state index contributed by atoms with van der Waals surface area (Å²) in [7, 11) is 1.34. The molecular formula is C23H28N6O4. The number of anilines is 2. The van der Waals surface area contributed by atoms with Crippen LogP contribution in [0.15, 0.2) is 30.5 Å². The third-order valence-electron chi connectivity index (χ3n) is 6.19. The maximum Gasteiger partial charge on any atom is 0.411 e. The Kier molecular flexibility index (Phi) is 6.10. The molecule has 2 aliphatic heterocycles. The van der Waals surface area contributed by atoms with Gasteiger partial charge in [-0.1, -0.05) is 12.1 Å². The van der Waals surface area contributed by atoms with Crippen molar-refractivity contribution in [1.29, 1.82) is 0 Å². The maximum absolute atomic E-state index is 11.5. The molecule has 1 atom stereocenters. The number of aromatic nitrogens is 4. The third-order valence-corrected chi connectivity index (χ3v) is 6.19. The minimum atomic E-state index is -0.506. The zero-order valence-electron chi connectivity index (χ0n) is 18.9. The van der Waals surface area contributed by atoms with Gasteiger partial charge in [0, 0.05) is 31.0 Å². The van der Waals surface area contributed by atoms with E-state index in [0.717, 1.165) is 54.9 Å². The summed E-state index contributed by atoms with van der Waals surface area (Å²) in [6, 6.07) is 7.97. The first-order valence-electron chi connectivity index (χ1n) is 11.3. The first kappa shape index (κ1) is 21.6. The lowest BCUT2D eigenvalue weighted by Gasteiger charge is -2.33. The molecule has 3 aromatic rings. The summed E-state index contributed by atoms with van der Waals surface area (Å²) < 4.78 is 17.9. The third kappa shape index (κ3) is 4.36. The number of nitrogens with zero attached hydrogens (tertiary/aromatic N) is 5. The number of benzene rings is 1. The lowest BCUT2D eigenvalue weighted by atomic mass is 10.1. The summed E-state index contributed by atoms with van der Waals surface area (Å²) in [5, 5.41) is 8.30. The van der Waals surface area contributed by atoms with E-state index in [1.807, 2.05) is 35.1 Å². The van der Waals surface area contributed by atoms with Crippen molar-refractivity contribution in [2.75, 3.05) is 50.3 Å². The second-order valence-electron chi connectivity index (χ2n) is 8.35. The Morgan fingerprint density at radius 1 is 1.12 bits per heavy atom.